The van der Waals surface area contributed by atoms with Crippen LogP contribution in [0.5, 0.6) is 0 Å². The smallest absolute Gasteiger partial charge is 0.0207 e. The lowest BCUT2D eigenvalue weighted by Gasteiger charge is -2.11. The Morgan fingerprint density at radius 2 is 2.05 bits per heavy atom. The second kappa shape index (κ2) is 8.79. The SMILES string of the molecule is CCC(=Cc1ccccc1)C1CC1NC1CCNC1.Cl.Cl. The summed E-state index contributed by atoms with van der Waals surface area (Å²) in [5, 5.41) is 7.23. The Bertz CT molecular complexity index is 441. The van der Waals surface area contributed by atoms with Crippen molar-refractivity contribution in [3.05, 3.63) is 41.5 Å². The molecule has 3 rings (SSSR count). The van der Waals surface area contributed by atoms with Crippen molar-refractivity contribution in [3.8, 4) is 0 Å². The van der Waals surface area contributed by atoms with Crippen molar-refractivity contribution in [1.82, 2.24) is 10.6 Å². The Kier molecular flexibility index (Phi) is 7.75. The third-order valence-corrected chi connectivity index (χ3v) is 4.34. The fraction of sp³-hybridized carbons (Fsp3) is 0.529. The maximum Gasteiger partial charge on any atom is 0.0207 e. The van der Waals surface area contributed by atoms with Gasteiger partial charge in [-0.2, -0.15) is 0 Å². The van der Waals surface area contributed by atoms with Crippen LogP contribution in [0.15, 0.2) is 35.9 Å². The van der Waals surface area contributed by atoms with E-state index in [1.807, 2.05) is 0 Å². The average molecular weight is 329 g/mol. The fourth-order valence-electron chi connectivity index (χ4n) is 3.12. The minimum absolute atomic E-state index is 0. The van der Waals surface area contributed by atoms with Gasteiger partial charge in [0.1, 0.15) is 0 Å². The summed E-state index contributed by atoms with van der Waals surface area (Å²) < 4.78 is 0. The van der Waals surface area contributed by atoms with Crippen LogP contribution in [0.1, 0.15) is 31.7 Å². The van der Waals surface area contributed by atoms with Gasteiger partial charge in [-0.15, -0.1) is 24.8 Å². The average Bonchev–Trinajstić information content (AvgIpc) is 2.99. The van der Waals surface area contributed by atoms with Crippen LogP contribution in [0.4, 0.5) is 0 Å². The molecule has 4 heteroatoms. The van der Waals surface area contributed by atoms with E-state index in [2.05, 4.69) is 54.0 Å². The molecule has 2 nitrogen and oxygen atoms in total. The van der Waals surface area contributed by atoms with Crippen molar-refractivity contribution in [3.63, 3.8) is 0 Å². The predicted molar refractivity (Wildman–Crippen MR) is 95.5 cm³/mol. The van der Waals surface area contributed by atoms with Gasteiger partial charge in [-0.1, -0.05) is 48.9 Å². The zero-order valence-electron chi connectivity index (χ0n) is 12.5. The highest BCUT2D eigenvalue weighted by atomic mass is 35.5. The number of halogens is 2. The molecule has 0 bridgehead atoms. The van der Waals surface area contributed by atoms with Gasteiger partial charge < -0.3 is 10.6 Å². The van der Waals surface area contributed by atoms with E-state index in [9.17, 15) is 0 Å². The van der Waals surface area contributed by atoms with Gasteiger partial charge in [-0.05, 0) is 37.3 Å². The van der Waals surface area contributed by atoms with Crippen LogP contribution >= 0.6 is 24.8 Å². The minimum Gasteiger partial charge on any atom is -0.315 e. The number of nitrogens with one attached hydrogen (secondary N) is 2. The number of benzene rings is 1. The van der Waals surface area contributed by atoms with E-state index in [4.69, 9.17) is 0 Å². The lowest BCUT2D eigenvalue weighted by molar-refractivity contribution is 0.530. The van der Waals surface area contributed by atoms with Gasteiger partial charge in [0.25, 0.3) is 0 Å². The van der Waals surface area contributed by atoms with E-state index in [-0.39, 0.29) is 24.8 Å². The van der Waals surface area contributed by atoms with Crippen molar-refractivity contribution < 1.29 is 0 Å². The molecule has 0 amide bonds. The minimum atomic E-state index is 0. The molecule has 0 spiro atoms. The number of hydrogen-bond acceptors (Lipinski definition) is 2. The first kappa shape index (κ1) is 18.5. The molecular weight excluding hydrogens is 303 g/mol. The summed E-state index contributed by atoms with van der Waals surface area (Å²) in [4.78, 5) is 0. The van der Waals surface area contributed by atoms with Crippen molar-refractivity contribution in [2.45, 2.75) is 38.3 Å². The second-order valence-corrected chi connectivity index (χ2v) is 5.79. The topological polar surface area (TPSA) is 24.1 Å². The molecule has 2 N–H and O–H groups in total. The van der Waals surface area contributed by atoms with E-state index in [1.165, 1.54) is 31.4 Å². The molecule has 1 aliphatic carbocycles. The highest BCUT2D eigenvalue weighted by Crippen LogP contribution is 2.40. The molecule has 118 valence electrons. The summed E-state index contributed by atoms with van der Waals surface area (Å²) in [7, 11) is 0. The van der Waals surface area contributed by atoms with Crippen LogP contribution in [0.2, 0.25) is 0 Å². The quantitative estimate of drug-likeness (QED) is 0.861. The van der Waals surface area contributed by atoms with E-state index < -0.39 is 0 Å². The highest BCUT2D eigenvalue weighted by Gasteiger charge is 2.40. The molecule has 1 aliphatic heterocycles. The van der Waals surface area contributed by atoms with Gasteiger partial charge in [0, 0.05) is 18.6 Å². The molecule has 21 heavy (non-hydrogen) atoms. The van der Waals surface area contributed by atoms with E-state index in [0.717, 1.165) is 18.5 Å². The molecule has 2 aliphatic rings. The van der Waals surface area contributed by atoms with Gasteiger partial charge in [0.05, 0.1) is 0 Å². The standard InChI is InChI=1S/C17H24N2.2ClH/c1-2-14(10-13-6-4-3-5-7-13)16-11-17(16)19-15-8-9-18-12-15;;/h3-7,10,15-19H,2,8-9,11-12H2,1H3;2*1H. The van der Waals surface area contributed by atoms with Crippen molar-refractivity contribution in [2.24, 2.45) is 5.92 Å². The predicted octanol–water partition coefficient (Wildman–Crippen LogP) is 3.66. The Hall–Kier alpha value is -0.540. The summed E-state index contributed by atoms with van der Waals surface area (Å²) in [5.74, 6) is 0.769. The summed E-state index contributed by atoms with van der Waals surface area (Å²) in [6.07, 6.45) is 6.16. The lowest BCUT2D eigenvalue weighted by atomic mass is 10.0. The Labute approximate surface area is 140 Å². The van der Waals surface area contributed by atoms with E-state index in [1.54, 1.807) is 5.57 Å². The summed E-state index contributed by atoms with van der Waals surface area (Å²) in [5.41, 5.74) is 2.95. The van der Waals surface area contributed by atoms with Gasteiger partial charge in [0.2, 0.25) is 0 Å². The van der Waals surface area contributed by atoms with Crippen LogP contribution in [-0.4, -0.2) is 25.2 Å². The van der Waals surface area contributed by atoms with Crippen molar-refractivity contribution in [1.29, 1.82) is 0 Å². The van der Waals surface area contributed by atoms with E-state index in [0.29, 0.717) is 6.04 Å². The molecule has 0 aromatic heterocycles. The Morgan fingerprint density at radius 1 is 1.29 bits per heavy atom. The van der Waals surface area contributed by atoms with Crippen LogP contribution < -0.4 is 10.6 Å². The largest absolute Gasteiger partial charge is 0.315 e. The molecule has 1 aromatic rings. The lowest BCUT2D eigenvalue weighted by Crippen LogP contribution is -2.33. The molecule has 1 aromatic carbocycles. The molecule has 3 atom stereocenters. The van der Waals surface area contributed by atoms with Crippen molar-refractivity contribution >= 4 is 30.9 Å². The third-order valence-electron chi connectivity index (χ3n) is 4.34. The molecule has 1 saturated carbocycles. The van der Waals surface area contributed by atoms with Gasteiger partial charge >= 0.3 is 0 Å². The number of rotatable bonds is 5. The van der Waals surface area contributed by atoms with Crippen molar-refractivity contribution in [2.75, 3.05) is 13.1 Å². The Morgan fingerprint density at radius 3 is 2.67 bits per heavy atom. The maximum atomic E-state index is 3.80. The molecular formula is C17H26Cl2N2. The van der Waals surface area contributed by atoms with Crippen LogP contribution in [0.25, 0.3) is 6.08 Å². The summed E-state index contributed by atoms with van der Waals surface area (Å²) in [6, 6.07) is 12.1. The monoisotopic (exact) mass is 328 g/mol. The van der Waals surface area contributed by atoms with Gasteiger partial charge in [-0.25, -0.2) is 0 Å². The third kappa shape index (κ3) is 5.00. The zero-order valence-corrected chi connectivity index (χ0v) is 14.2. The molecule has 0 radical (unpaired) electrons. The van der Waals surface area contributed by atoms with Crippen LogP contribution in [0.3, 0.4) is 0 Å². The molecule has 2 fully saturated rings. The van der Waals surface area contributed by atoms with Crippen LogP contribution in [0, 0.1) is 5.92 Å². The summed E-state index contributed by atoms with van der Waals surface area (Å²) in [6.45, 7) is 4.60. The normalized spacial score (nSPS) is 27.7. The Balaban J connectivity index is 0.00000110. The first-order valence-corrected chi connectivity index (χ1v) is 7.59. The molecule has 3 unspecified atom stereocenters. The highest BCUT2D eigenvalue weighted by molar-refractivity contribution is 5.85. The number of hydrogen-bond donors (Lipinski definition) is 2. The molecule has 1 saturated heterocycles. The molecule has 1 heterocycles. The van der Waals surface area contributed by atoms with Gasteiger partial charge in [0.15, 0.2) is 0 Å². The fourth-order valence-corrected chi connectivity index (χ4v) is 3.12. The first-order chi connectivity index (χ1) is 9.36. The van der Waals surface area contributed by atoms with Crippen LogP contribution in [-0.2, 0) is 0 Å². The summed E-state index contributed by atoms with van der Waals surface area (Å²) >= 11 is 0. The van der Waals surface area contributed by atoms with E-state index >= 15 is 0 Å². The first-order valence-electron chi connectivity index (χ1n) is 7.59. The maximum absolute atomic E-state index is 3.80. The zero-order chi connectivity index (χ0) is 13.1. The van der Waals surface area contributed by atoms with Gasteiger partial charge in [-0.3, -0.25) is 0 Å². The second-order valence-electron chi connectivity index (χ2n) is 5.79.